The van der Waals surface area contributed by atoms with Crippen molar-refractivity contribution < 1.29 is 4.79 Å². The molecule has 9 heteroatoms. The molecule has 0 radical (unpaired) electrons. The summed E-state index contributed by atoms with van der Waals surface area (Å²) in [5.41, 5.74) is 9.84. The van der Waals surface area contributed by atoms with Crippen LogP contribution in [0.15, 0.2) is 22.6 Å². The van der Waals surface area contributed by atoms with Gasteiger partial charge in [0.15, 0.2) is 5.65 Å². The molecule has 0 aliphatic heterocycles. The van der Waals surface area contributed by atoms with E-state index in [2.05, 4.69) is 36.4 Å². The summed E-state index contributed by atoms with van der Waals surface area (Å²) in [6.07, 6.45) is 6.46. The monoisotopic (exact) mass is 365 g/mol. The largest absolute Gasteiger partial charge is 0.383 e. The van der Waals surface area contributed by atoms with Gasteiger partial charge in [0.1, 0.15) is 16.7 Å². The fourth-order valence-electron chi connectivity index (χ4n) is 2.80. The molecule has 5 N–H and O–H groups in total. The van der Waals surface area contributed by atoms with Crippen LogP contribution in [0.2, 0.25) is 0 Å². The molecule has 0 unspecified atom stereocenters. The number of nitrogens with zero attached hydrogens (tertiary/aromatic N) is 4. The van der Waals surface area contributed by atoms with E-state index >= 15 is 0 Å². The van der Waals surface area contributed by atoms with E-state index in [-0.39, 0.29) is 11.9 Å². The summed E-state index contributed by atoms with van der Waals surface area (Å²) in [6, 6.07) is 0.223. The van der Waals surface area contributed by atoms with Crippen LogP contribution in [0.5, 0.6) is 0 Å². The minimum atomic E-state index is -0.263. The van der Waals surface area contributed by atoms with E-state index in [1.807, 2.05) is 4.68 Å². The van der Waals surface area contributed by atoms with Crippen molar-refractivity contribution in [1.82, 2.24) is 25.2 Å². The van der Waals surface area contributed by atoms with Gasteiger partial charge in [-0.15, -0.1) is 0 Å². The molecule has 3 rings (SSSR count). The zero-order valence-electron chi connectivity index (χ0n) is 11.8. The van der Waals surface area contributed by atoms with Gasteiger partial charge in [0.2, 0.25) is 0 Å². The fourth-order valence-corrected chi connectivity index (χ4v) is 3.35. The summed E-state index contributed by atoms with van der Waals surface area (Å²) in [5.74, 6) is 5.25. The number of rotatable bonds is 2. The van der Waals surface area contributed by atoms with Gasteiger partial charge in [-0.2, -0.15) is 5.10 Å². The molecule has 0 aromatic carbocycles. The van der Waals surface area contributed by atoms with Crippen LogP contribution < -0.4 is 17.0 Å². The fraction of sp³-hybridized carbons (Fsp3) is 0.385. The molecule has 22 heavy (non-hydrogen) atoms. The average Bonchev–Trinajstić information content (AvgIpc) is 2.86. The van der Waals surface area contributed by atoms with Crippen LogP contribution in [-0.4, -0.2) is 25.7 Å². The molecule has 1 saturated carbocycles. The van der Waals surface area contributed by atoms with E-state index in [1.165, 1.54) is 6.33 Å². The summed E-state index contributed by atoms with van der Waals surface area (Å²) < 4.78 is 2.56. The molecule has 0 saturated heterocycles. The first-order chi connectivity index (χ1) is 10.6. The Labute approximate surface area is 135 Å². The highest BCUT2D eigenvalue weighted by Gasteiger charge is 2.23. The van der Waals surface area contributed by atoms with Crippen LogP contribution in [0.25, 0.3) is 11.0 Å². The first-order valence-electron chi connectivity index (χ1n) is 6.94. The van der Waals surface area contributed by atoms with Gasteiger partial charge in [-0.25, -0.2) is 20.5 Å². The molecule has 0 spiro atoms. The zero-order valence-corrected chi connectivity index (χ0v) is 13.4. The molecule has 8 nitrogen and oxygen atoms in total. The van der Waals surface area contributed by atoms with E-state index in [0.717, 1.165) is 42.3 Å². The van der Waals surface area contributed by atoms with Crippen LogP contribution in [0.4, 0.5) is 5.82 Å². The van der Waals surface area contributed by atoms with E-state index < -0.39 is 0 Å². The predicted octanol–water partition coefficient (Wildman–Crippen LogP) is 1.20. The number of carbonyl (C=O) groups is 1. The molecular formula is C13H16BrN7O. The Hall–Kier alpha value is -2.00. The molecule has 0 bridgehead atoms. The van der Waals surface area contributed by atoms with Gasteiger partial charge in [0.05, 0.1) is 11.4 Å². The van der Waals surface area contributed by atoms with Crippen molar-refractivity contribution in [3.63, 3.8) is 0 Å². The molecule has 1 aliphatic rings. The number of halogens is 1. The minimum Gasteiger partial charge on any atom is -0.383 e. The molecule has 116 valence electrons. The SMILES string of the molecule is NNC(=O)C=C1CCC(n2nc(Br)c3c(N)ncnc32)CC1. The second-order valence-electron chi connectivity index (χ2n) is 5.24. The highest BCUT2D eigenvalue weighted by molar-refractivity contribution is 9.10. The van der Waals surface area contributed by atoms with Crippen LogP contribution in [0.1, 0.15) is 31.7 Å². The lowest BCUT2D eigenvalue weighted by atomic mass is 9.90. The summed E-state index contributed by atoms with van der Waals surface area (Å²) in [4.78, 5) is 19.6. The first kappa shape index (κ1) is 14.9. The van der Waals surface area contributed by atoms with Crippen molar-refractivity contribution in [1.29, 1.82) is 0 Å². The molecule has 0 atom stereocenters. The smallest absolute Gasteiger partial charge is 0.257 e. The lowest BCUT2D eigenvalue weighted by Crippen LogP contribution is -2.28. The van der Waals surface area contributed by atoms with Gasteiger partial charge >= 0.3 is 0 Å². The third-order valence-corrected chi connectivity index (χ3v) is 4.45. The number of allylic oxidation sites excluding steroid dienone is 1. The van der Waals surface area contributed by atoms with Crippen LogP contribution >= 0.6 is 15.9 Å². The van der Waals surface area contributed by atoms with Gasteiger partial charge in [-0.3, -0.25) is 10.2 Å². The van der Waals surface area contributed by atoms with Crippen LogP contribution in [0.3, 0.4) is 0 Å². The Morgan fingerprint density at radius 3 is 2.82 bits per heavy atom. The number of hydrogen-bond donors (Lipinski definition) is 3. The van der Waals surface area contributed by atoms with Gasteiger partial charge in [0, 0.05) is 6.08 Å². The van der Waals surface area contributed by atoms with Gasteiger partial charge in [-0.1, -0.05) is 5.57 Å². The van der Waals surface area contributed by atoms with Gasteiger partial charge in [0.25, 0.3) is 5.91 Å². The number of aromatic nitrogens is 4. The summed E-state index contributed by atoms with van der Waals surface area (Å²) in [6.45, 7) is 0. The first-order valence-corrected chi connectivity index (χ1v) is 7.73. The average molecular weight is 366 g/mol. The van der Waals surface area contributed by atoms with Crippen molar-refractivity contribution in [2.45, 2.75) is 31.7 Å². The lowest BCUT2D eigenvalue weighted by molar-refractivity contribution is -0.116. The highest BCUT2D eigenvalue weighted by atomic mass is 79.9. The zero-order chi connectivity index (χ0) is 15.7. The van der Waals surface area contributed by atoms with Gasteiger partial charge < -0.3 is 5.73 Å². The summed E-state index contributed by atoms with van der Waals surface area (Å²) in [7, 11) is 0. The third-order valence-electron chi connectivity index (χ3n) is 3.90. The molecule has 2 aromatic rings. The van der Waals surface area contributed by atoms with Crippen molar-refractivity contribution >= 4 is 38.7 Å². The topological polar surface area (TPSA) is 125 Å². The summed E-state index contributed by atoms with van der Waals surface area (Å²) >= 11 is 3.42. The molecular weight excluding hydrogens is 350 g/mol. The van der Waals surface area contributed by atoms with Crippen LogP contribution in [0, 0.1) is 0 Å². The number of hydrogen-bond acceptors (Lipinski definition) is 6. The molecule has 1 amide bonds. The minimum absolute atomic E-state index is 0.223. The molecule has 1 fully saturated rings. The van der Waals surface area contributed by atoms with Crippen molar-refractivity contribution in [3.8, 4) is 0 Å². The molecule has 2 heterocycles. The van der Waals surface area contributed by atoms with Crippen molar-refractivity contribution in [2.75, 3.05) is 5.73 Å². The Morgan fingerprint density at radius 2 is 2.14 bits per heavy atom. The quantitative estimate of drug-likeness (QED) is 0.318. The number of nitrogen functional groups attached to an aromatic ring is 1. The Kier molecular flexibility index (Phi) is 4.08. The summed E-state index contributed by atoms with van der Waals surface area (Å²) in [5, 5.41) is 5.25. The van der Waals surface area contributed by atoms with Gasteiger partial charge in [-0.05, 0) is 41.6 Å². The number of nitrogens with one attached hydrogen (secondary N) is 1. The predicted molar refractivity (Wildman–Crippen MR) is 85.4 cm³/mol. The highest BCUT2D eigenvalue weighted by Crippen LogP contribution is 2.35. The number of hydrazine groups is 1. The van der Waals surface area contributed by atoms with E-state index in [1.54, 1.807) is 6.08 Å². The number of amides is 1. The van der Waals surface area contributed by atoms with E-state index in [9.17, 15) is 4.79 Å². The molecule has 2 aromatic heterocycles. The second-order valence-corrected chi connectivity index (χ2v) is 5.99. The second kappa shape index (κ2) is 6.01. The Bertz CT molecular complexity index is 744. The number of anilines is 1. The maximum atomic E-state index is 11.3. The Morgan fingerprint density at radius 1 is 1.41 bits per heavy atom. The van der Waals surface area contributed by atoms with Crippen molar-refractivity contribution in [3.05, 3.63) is 22.6 Å². The number of carbonyl (C=O) groups excluding carboxylic acids is 1. The maximum absolute atomic E-state index is 11.3. The standard InChI is InChI=1S/C13H16BrN7O/c14-11-10-12(15)17-6-18-13(10)21(20-11)8-3-1-7(2-4-8)5-9(22)19-16/h5-6,8H,1-4,16H2,(H,19,22)(H2,15,17,18). The number of nitrogens with two attached hydrogens (primary N) is 2. The normalized spacial score (nSPS) is 18.5. The Balaban J connectivity index is 1.84. The third kappa shape index (κ3) is 2.69. The maximum Gasteiger partial charge on any atom is 0.257 e. The van der Waals surface area contributed by atoms with Crippen LogP contribution in [-0.2, 0) is 4.79 Å². The lowest BCUT2D eigenvalue weighted by Gasteiger charge is -2.24. The van der Waals surface area contributed by atoms with Crippen molar-refractivity contribution in [2.24, 2.45) is 5.84 Å². The van der Waals surface area contributed by atoms with E-state index in [4.69, 9.17) is 11.6 Å². The molecule has 1 aliphatic carbocycles. The van der Waals surface area contributed by atoms with E-state index in [0.29, 0.717) is 10.4 Å². The number of fused-ring (bicyclic) bond motifs is 1.